The van der Waals surface area contributed by atoms with E-state index in [2.05, 4.69) is 31.3 Å². The van der Waals surface area contributed by atoms with E-state index >= 15 is 0 Å². The molecule has 3 atom stereocenters. The SMILES string of the molecule is COc1ccccc1CC(C)NC(C)C1CCOC1. The molecule has 1 N–H and O–H groups in total. The van der Waals surface area contributed by atoms with Gasteiger partial charge in [0.25, 0.3) is 0 Å². The number of hydrogen-bond donors (Lipinski definition) is 1. The third-order valence-corrected chi connectivity index (χ3v) is 3.94. The summed E-state index contributed by atoms with van der Waals surface area (Å²) in [7, 11) is 1.73. The summed E-state index contributed by atoms with van der Waals surface area (Å²) in [5, 5.41) is 3.69. The Morgan fingerprint density at radius 1 is 1.37 bits per heavy atom. The first kappa shape index (κ1) is 14.4. The second kappa shape index (κ2) is 6.92. The predicted molar refractivity (Wildman–Crippen MR) is 77.7 cm³/mol. The predicted octanol–water partition coefficient (Wildman–Crippen LogP) is 2.64. The first-order valence-corrected chi connectivity index (χ1v) is 7.16. The van der Waals surface area contributed by atoms with Gasteiger partial charge in [-0.25, -0.2) is 0 Å². The molecule has 3 unspecified atom stereocenters. The monoisotopic (exact) mass is 263 g/mol. The largest absolute Gasteiger partial charge is 0.496 e. The van der Waals surface area contributed by atoms with Crippen molar-refractivity contribution < 1.29 is 9.47 Å². The maximum Gasteiger partial charge on any atom is 0.122 e. The zero-order chi connectivity index (χ0) is 13.7. The van der Waals surface area contributed by atoms with Crippen LogP contribution >= 0.6 is 0 Å². The normalized spacial score (nSPS) is 22.2. The summed E-state index contributed by atoms with van der Waals surface area (Å²) in [6.07, 6.45) is 2.16. The number of benzene rings is 1. The van der Waals surface area contributed by atoms with Crippen molar-refractivity contribution in [2.45, 2.75) is 38.8 Å². The average molecular weight is 263 g/mol. The molecule has 1 aromatic rings. The highest BCUT2D eigenvalue weighted by Crippen LogP contribution is 2.20. The van der Waals surface area contributed by atoms with Gasteiger partial charge in [0.15, 0.2) is 0 Å². The molecule has 106 valence electrons. The molecule has 0 aromatic heterocycles. The molecule has 0 spiro atoms. The second-order valence-corrected chi connectivity index (χ2v) is 5.50. The molecule has 19 heavy (non-hydrogen) atoms. The van der Waals surface area contributed by atoms with Gasteiger partial charge in [-0.15, -0.1) is 0 Å². The Morgan fingerprint density at radius 2 is 2.16 bits per heavy atom. The maximum absolute atomic E-state index is 5.45. The number of hydrogen-bond acceptors (Lipinski definition) is 3. The highest BCUT2D eigenvalue weighted by Gasteiger charge is 2.23. The smallest absolute Gasteiger partial charge is 0.122 e. The van der Waals surface area contributed by atoms with Gasteiger partial charge in [0.05, 0.1) is 13.7 Å². The Balaban J connectivity index is 1.87. The molecular weight excluding hydrogens is 238 g/mol. The second-order valence-electron chi connectivity index (χ2n) is 5.50. The highest BCUT2D eigenvalue weighted by molar-refractivity contribution is 5.33. The van der Waals surface area contributed by atoms with Gasteiger partial charge in [-0.2, -0.15) is 0 Å². The molecule has 3 heteroatoms. The molecule has 1 saturated heterocycles. The van der Waals surface area contributed by atoms with Crippen LogP contribution in [-0.2, 0) is 11.2 Å². The van der Waals surface area contributed by atoms with Gasteiger partial charge in [-0.1, -0.05) is 18.2 Å². The lowest BCUT2D eigenvalue weighted by atomic mass is 9.98. The number of nitrogens with one attached hydrogen (secondary N) is 1. The van der Waals surface area contributed by atoms with Crippen molar-refractivity contribution in [2.24, 2.45) is 5.92 Å². The summed E-state index contributed by atoms with van der Waals surface area (Å²) >= 11 is 0. The lowest BCUT2D eigenvalue weighted by Gasteiger charge is -2.24. The van der Waals surface area contributed by atoms with Crippen LogP contribution in [-0.4, -0.2) is 32.4 Å². The van der Waals surface area contributed by atoms with Gasteiger partial charge in [0, 0.05) is 18.7 Å². The average Bonchev–Trinajstić information content (AvgIpc) is 2.93. The lowest BCUT2D eigenvalue weighted by Crippen LogP contribution is -2.40. The summed E-state index contributed by atoms with van der Waals surface area (Å²) in [5.74, 6) is 1.63. The Kier molecular flexibility index (Phi) is 5.23. The summed E-state index contributed by atoms with van der Waals surface area (Å²) < 4.78 is 10.9. The van der Waals surface area contributed by atoms with Crippen molar-refractivity contribution in [3.05, 3.63) is 29.8 Å². The van der Waals surface area contributed by atoms with Crippen LogP contribution in [0.1, 0.15) is 25.8 Å². The number of rotatable bonds is 6. The van der Waals surface area contributed by atoms with Crippen molar-refractivity contribution in [1.82, 2.24) is 5.32 Å². The van der Waals surface area contributed by atoms with Crippen LogP contribution in [0.2, 0.25) is 0 Å². The van der Waals surface area contributed by atoms with Crippen LogP contribution in [0.25, 0.3) is 0 Å². The Hall–Kier alpha value is -1.06. The molecule has 0 aliphatic carbocycles. The highest BCUT2D eigenvalue weighted by atomic mass is 16.5. The standard InChI is InChI=1S/C16H25NO2/c1-12(17-13(2)15-8-9-19-11-15)10-14-6-4-5-7-16(14)18-3/h4-7,12-13,15,17H,8-11H2,1-3H3. The van der Waals surface area contributed by atoms with Crippen molar-refractivity contribution in [2.75, 3.05) is 20.3 Å². The summed E-state index contributed by atoms with van der Waals surface area (Å²) in [4.78, 5) is 0. The van der Waals surface area contributed by atoms with Crippen molar-refractivity contribution in [3.63, 3.8) is 0 Å². The molecule has 0 bridgehead atoms. The molecule has 0 saturated carbocycles. The Bertz CT molecular complexity index is 388. The lowest BCUT2D eigenvalue weighted by molar-refractivity contribution is 0.177. The summed E-state index contributed by atoms with van der Waals surface area (Å²) in [6.45, 7) is 6.31. The summed E-state index contributed by atoms with van der Waals surface area (Å²) in [5.41, 5.74) is 1.26. The Morgan fingerprint density at radius 3 is 2.84 bits per heavy atom. The first-order chi connectivity index (χ1) is 9.20. The van der Waals surface area contributed by atoms with Crippen LogP contribution in [0.4, 0.5) is 0 Å². The molecule has 2 rings (SSSR count). The third-order valence-electron chi connectivity index (χ3n) is 3.94. The fraction of sp³-hybridized carbons (Fsp3) is 0.625. The van der Waals surface area contributed by atoms with Gasteiger partial charge < -0.3 is 14.8 Å². The van der Waals surface area contributed by atoms with Crippen LogP contribution in [0, 0.1) is 5.92 Å². The van der Waals surface area contributed by atoms with Crippen LogP contribution in [0.3, 0.4) is 0 Å². The number of methoxy groups -OCH3 is 1. The minimum atomic E-state index is 0.437. The van der Waals surface area contributed by atoms with E-state index in [1.54, 1.807) is 7.11 Å². The number of ether oxygens (including phenoxy) is 2. The molecular formula is C16H25NO2. The maximum atomic E-state index is 5.45. The van der Waals surface area contributed by atoms with Crippen molar-refractivity contribution in [1.29, 1.82) is 0 Å². The van der Waals surface area contributed by atoms with E-state index in [0.717, 1.165) is 25.4 Å². The number of para-hydroxylation sites is 1. The molecule has 3 nitrogen and oxygen atoms in total. The van der Waals surface area contributed by atoms with Gasteiger partial charge in [0.1, 0.15) is 5.75 Å². The van der Waals surface area contributed by atoms with Gasteiger partial charge in [-0.3, -0.25) is 0 Å². The molecule has 1 aliphatic heterocycles. The van der Waals surface area contributed by atoms with Crippen LogP contribution in [0.15, 0.2) is 24.3 Å². The van der Waals surface area contributed by atoms with Gasteiger partial charge in [-0.05, 0) is 44.2 Å². The van der Waals surface area contributed by atoms with E-state index in [9.17, 15) is 0 Å². The van der Waals surface area contributed by atoms with Crippen molar-refractivity contribution >= 4 is 0 Å². The molecule has 0 amide bonds. The fourth-order valence-corrected chi connectivity index (χ4v) is 2.79. The topological polar surface area (TPSA) is 30.5 Å². The van der Waals surface area contributed by atoms with E-state index in [1.165, 1.54) is 12.0 Å². The Labute approximate surface area is 116 Å². The third kappa shape index (κ3) is 3.95. The van der Waals surface area contributed by atoms with Crippen LogP contribution in [0.5, 0.6) is 5.75 Å². The van der Waals surface area contributed by atoms with Gasteiger partial charge >= 0.3 is 0 Å². The molecule has 1 heterocycles. The molecule has 1 fully saturated rings. The molecule has 1 aliphatic rings. The molecule has 1 aromatic carbocycles. The summed E-state index contributed by atoms with van der Waals surface area (Å²) in [6, 6.07) is 9.19. The first-order valence-electron chi connectivity index (χ1n) is 7.16. The van der Waals surface area contributed by atoms with E-state index in [0.29, 0.717) is 18.0 Å². The van der Waals surface area contributed by atoms with E-state index in [1.807, 2.05) is 12.1 Å². The zero-order valence-corrected chi connectivity index (χ0v) is 12.2. The van der Waals surface area contributed by atoms with Crippen molar-refractivity contribution in [3.8, 4) is 5.75 Å². The minimum Gasteiger partial charge on any atom is -0.496 e. The van der Waals surface area contributed by atoms with E-state index < -0.39 is 0 Å². The molecule has 0 radical (unpaired) electrons. The van der Waals surface area contributed by atoms with Crippen LogP contribution < -0.4 is 10.1 Å². The van der Waals surface area contributed by atoms with Gasteiger partial charge in [0.2, 0.25) is 0 Å². The minimum absolute atomic E-state index is 0.437. The van der Waals surface area contributed by atoms with E-state index in [4.69, 9.17) is 9.47 Å². The van der Waals surface area contributed by atoms with E-state index in [-0.39, 0.29) is 0 Å². The quantitative estimate of drug-likeness (QED) is 0.856. The fourth-order valence-electron chi connectivity index (χ4n) is 2.79. The zero-order valence-electron chi connectivity index (χ0n) is 12.2.